The predicted octanol–water partition coefficient (Wildman–Crippen LogP) is 2.17. The number of hydrogen-bond acceptors (Lipinski definition) is 3. The molecule has 1 aliphatic carbocycles. The molecule has 17 heavy (non-hydrogen) atoms. The van der Waals surface area contributed by atoms with Gasteiger partial charge in [0.15, 0.2) is 0 Å². The molecule has 1 aromatic carbocycles. The Hall–Kier alpha value is -1.22. The SMILES string of the molecule is CC1CNc2cc(CCNC3CC3)ccc2O1. The Morgan fingerprint density at radius 3 is 3.12 bits per heavy atom. The van der Waals surface area contributed by atoms with E-state index in [0.29, 0.717) is 0 Å². The topological polar surface area (TPSA) is 33.3 Å². The third-order valence-corrected chi connectivity index (χ3v) is 3.38. The summed E-state index contributed by atoms with van der Waals surface area (Å²) >= 11 is 0. The van der Waals surface area contributed by atoms with Gasteiger partial charge in [-0.1, -0.05) is 6.07 Å². The van der Waals surface area contributed by atoms with Crippen molar-refractivity contribution in [2.45, 2.75) is 38.3 Å². The molecule has 0 aromatic heterocycles. The van der Waals surface area contributed by atoms with Crippen molar-refractivity contribution in [1.29, 1.82) is 0 Å². The summed E-state index contributed by atoms with van der Waals surface area (Å²) in [6.07, 6.45) is 4.08. The third kappa shape index (κ3) is 2.72. The second-order valence-corrected chi connectivity index (χ2v) is 5.12. The average Bonchev–Trinajstić information content (AvgIpc) is 3.13. The first kappa shape index (κ1) is 10.9. The minimum absolute atomic E-state index is 0.268. The number of anilines is 1. The lowest BCUT2D eigenvalue weighted by atomic mass is 10.1. The van der Waals surface area contributed by atoms with Crippen LogP contribution in [-0.2, 0) is 6.42 Å². The fraction of sp³-hybridized carbons (Fsp3) is 0.571. The molecular weight excluding hydrogens is 212 g/mol. The van der Waals surface area contributed by atoms with Crippen LogP contribution in [-0.4, -0.2) is 25.2 Å². The summed E-state index contributed by atoms with van der Waals surface area (Å²) in [7, 11) is 0. The molecule has 3 heteroatoms. The van der Waals surface area contributed by atoms with E-state index in [2.05, 4.69) is 35.8 Å². The van der Waals surface area contributed by atoms with Crippen molar-refractivity contribution in [2.75, 3.05) is 18.4 Å². The van der Waals surface area contributed by atoms with Crippen molar-refractivity contribution in [3.63, 3.8) is 0 Å². The average molecular weight is 232 g/mol. The number of hydrogen-bond donors (Lipinski definition) is 2. The molecular formula is C14H20N2O. The van der Waals surface area contributed by atoms with E-state index in [9.17, 15) is 0 Å². The molecule has 1 unspecified atom stereocenters. The summed E-state index contributed by atoms with van der Waals surface area (Å²) < 4.78 is 5.76. The first-order chi connectivity index (χ1) is 8.31. The molecule has 0 radical (unpaired) electrons. The fourth-order valence-electron chi connectivity index (χ4n) is 2.19. The quantitative estimate of drug-likeness (QED) is 0.834. The third-order valence-electron chi connectivity index (χ3n) is 3.38. The van der Waals surface area contributed by atoms with Gasteiger partial charge in [-0.3, -0.25) is 0 Å². The van der Waals surface area contributed by atoms with Crippen molar-refractivity contribution >= 4 is 5.69 Å². The maximum atomic E-state index is 5.76. The van der Waals surface area contributed by atoms with Crippen molar-refractivity contribution in [2.24, 2.45) is 0 Å². The van der Waals surface area contributed by atoms with Gasteiger partial charge in [-0.05, 0) is 50.4 Å². The van der Waals surface area contributed by atoms with Gasteiger partial charge in [-0.2, -0.15) is 0 Å². The van der Waals surface area contributed by atoms with E-state index >= 15 is 0 Å². The molecule has 92 valence electrons. The van der Waals surface area contributed by atoms with Gasteiger partial charge in [-0.15, -0.1) is 0 Å². The zero-order chi connectivity index (χ0) is 11.7. The van der Waals surface area contributed by atoms with Crippen LogP contribution in [0.3, 0.4) is 0 Å². The number of ether oxygens (including phenoxy) is 1. The molecule has 0 saturated heterocycles. The van der Waals surface area contributed by atoms with Crippen LogP contribution in [0, 0.1) is 0 Å². The van der Waals surface area contributed by atoms with E-state index in [1.54, 1.807) is 0 Å². The molecule has 0 bridgehead atoms. The minimum Gasteiger partial charge on any atom is -0.487 e. The van der Waals surface area contributed by atoms with E-state index in [1.807, 2.05) is 0 Å². The van der Waals surface area contributed by atoms with E-state index in [1.165, 1.54) is 18.4 Å². The van der Waals surface area contributed by atoms with Gasteiger partial charge in [0.05, 0.1) is 12.2 Å². The van der Waals surface area contributed by atoms with Crippen LogP contribution in [0.4, 0.5) is 5.69 Å². The molecule has 1 aromatic rings. The summed E-state index contributed by atoms with van der Waals surface area (Å²) in [5, 5.41) is 6.96. The normalized spacial score (nSPS) is 22.5. The van der Waals surface area contributed by atoms with Crippen molar-refractivity contribution in [3.05, 3.63) is 23.8 Å². The van der Waals surface area contributed by atoms with Gasteiger partial charge in [-0.25, -0.2) is 0 Å². The van der Waals surface area contributed by atoms with Gasteiger partial charge >= 0.3 is 0 Å². The summed E-state index contributed by atoms with van der Waals surface area (Å²) in [4.78, 5) is 0. The van der Waals surface area contributed by atoms with E-state index in [4.69, 9.17) is 4.74 Å². The van der Waals surface area contributed by atoms with Crippen molar-refractivity contribution in [3.8, 4) is 5.75 Å². The second kappa shape index (κ2) is 4.57. The summed E-state index contributed by atoms with van der Waals surface area (Å²) in [6, 6.07) is 7.28. The predicted molar refractivity (Wildman–Crippen MR) is 69.8 cm³/mol. The Labute approximate surface area is 103 Å². The molecule has 1 fully saturated rings. The van der Waals surface area contributed by atoms with Crippen LogP contribution in [0.15, 0.2) is 18.2 Å². The van der Waals surface area contributed by atoms with Crippen LogP contribution < -0.4 is 15.4 Å². The van der Waals surface area contributed by atoms with Crippen molar-refractivity contribution in [1.82, 2.24) is 5.32 Å². The zero-order valence-corrected chi connectivity index (χ0v) is 10.3. The second-order valence-electron chi connectivity index (χ2n) is 5.12. The Morgan fingerprint density at radius 1 is 1.41 bits per heavy atom. The Bertz CT molecular complexity index is 401. The molecule has 3 rings (SSSR count). The zero-order valence-electron chi connectivity index (χ0n) is 10.3. The molecule has 3 nitrogen and oxygen atoms in total. The number of nitrogens with one attached hydrogen (secondary N) is 2. The van der Waals surface area contributed by atoms with Crippen molar-refractivity contribution < 1.29 is 4.74 Å². The lowest BCUT2D eigenvalue weighted by Gasteiger charge is -2.25. The van der Waals surface area contributed by atoms with Gasteiger partial charge in [0, 0.05) is 6.04 Å². The monoisotopic (exact) mass is 232 g/mol. The molecule has 1 aliphatic heterocycles. The summed E-state index contributed by atoms with van der Waals surface area (Å²) in [5.74, 6) is 0.989. The van der Waals surface area contributed by atoms with Crippen LogP contribution in [0.1, 0.15) is 25.3 Å². The molecule has 0 amide bonds. The molecule has 1 saturated carbocycles. The number of fused-ring (bicyclic) bond motifs is 1. The number of rotatable bonds is 4. The first-order valence-electron chi connectivity index (χ1n) is 6.58. The standard InChI is InChI=1S/C14H20N2O/c1-10-9-16-13-8-11(2-5-14(13)17-10)6-7-15-12-3-4-12/h2,5,8,10,12,15-16H,3-4,6-7,9H2,1H3. The molecule has 1 heterocycles. The lowest BCUT2D eigenvalue weighted by molar-refractivity contribution is 0.226. The van der Waals surface area contributed by atoms with E-state index in [-0.39, 0.29) is 6.10 Å². The van der Waals surface area contributed by atoms with Gasteiger partial charge in [0.2, 0.25) is 0 Å². The smallest absolute Gasteiger partial charge is 0.142 e. The highest BCUT2D eigenvalue weighted by Crippen LogP contribution is 2.30. The van der Waals surface area contributed by atoms with Gasteiger partial charge in [0.25, 0.3) is 0 Å². The summed E-state index contributed by atoms with van der Waals surface area (Å²) in [5.41, 5.74) is 2.52. The van der Waals surface area contributed by atoms with E-state index < -0.39 is 0 Å². The lowest BCUT2D eigenvalue weighted by Crippen LogP contribution is -2.27. The van der Waals surface area contributed by atoms with Crippen LogP contribution >= 0.6 is 0 Å². The number of benzene rings is 1. The first-order valence-corrected chi connectivity index (χ1v) is 6.58. The Kier molecular flexibility index (Phi) is 2.93. The summed E-state index contributed by atoms with van der Waals surface area (Å²) in [6.45, 7) is 4.07. The highest BCUT2D eigenvalue weighted by atomic mass is 16.5. The Balaban J connectivity index is 1.61. The maximum absolute atomic E-state index is 5.76. The maximum Gasteiger partial charge on any atom is 0.142 e. The van der Waals surface area contributed by atoms with Gasteiger partial charge in [0.1, 0.15) is 11.9 Å². The Morgan fingerprint density at radius 2 is 2.29 bits per heavy atom. The fourth-order valence-corrected chi connectivity index (χ4v) is 2.19. The largest absolute Gasteiger partial charge is 0.487 e. The molecule has 2 N–H and O–H groups in total. The minimum atomic E-state index is 0.268. The molecule has 2 aliphatic rings. The molecule has 0 spiro atoms. The molecule has 1 atom stereocenters. The highest BCUT2D eigenvalue weighted by molar-refractivity contribution is 5.59. The van der Waals surface area contributed by atoms with Crippen LogP contribution in [0.5, 0.6) is 5.75 Å². The highest BCUT2D eigenvalue weighted by Gasteiger charge is 2.20. The van der Waals surface area contributed by atoms with E-state index in [0.717, 1.165) is 37.0 Å². The van der Waals surface area contributed by atoms with Crippen LogP contribution in [0.25, 0.3) is 0 Å². The van der Waals surface area contributed by atoms with Gasteiger partial charge < -0.3 is 15.4 Å². The van der Waals surface area contributed by atoms with Crippen LogP contribution in [0.2, 0.25) is 0 Å².